The lowest BCUT2D eigenvalue weighted by atomic mass is 9.82. The highest BCUT2D eigenvalue weighted by atomic mass is 16.5. The Hall–Kier alpha value is -9.70. The molecule has 2 aliphatic rings. The minimum atomic E-state index is -0.491. The summed E-state index contributed by atoms with van der Waals surface area (Å²) in [5, 5.41) is 11.8. The average Bonchev–Trinajstić information content (AvgIpc) is 0.686. The number of hydrogen-bond donors (Lipinski definition) is 2. The Morgan fingerprint density at radius 1 is 0.217 bits per heavy atom. The van der Waals surface area contributed by atoms with Crippen molar-refractivity contribution in [3.8, 4) is 34.5 Å². The molecule has 0 aliphatic carbocycles. The van der Waals surface area contributed by atoms with Gasteiger partial charge in [-0.3, -0.25) is 28.8 Å². The lowest BCUT2D eigenvalue weighted by Gasteiger charge is -2.30. The Morgan fingerprint density at radius 2 is 0.399 bits per heavy atom. The van der Waals surface area contributed by atoms with E-state index in [-0.39, 0.29) is 11.8 Å². The number of nitrogens with zero attached hydrogens (tertiary/aromatic N) is 2. The van der Waals surface area contributed by atoms with Gasteiger partial charge in [0.25, 0.3) is 35.4 Å². The van der Waals surface area contributed by atoms with Gasteiger partial charge in [-0.25, -0.2) is 9.80 Å². The summed E-state index contributed by atoms with van der Waals surface area (Å²) in [6.07, 6.45) is 72.6. The van der Waals surface area contributed by atoms with Gasteiger partial charge in [0.15, 0.2) is 23.0 Å². The molecule has 752 valence electrons. The van der Waals surface area contributed by atoms with Crippen LogP contribution in [0.4, 0.5) is 22.7 Å². The standard InChI is InChI=1S/C122H172N4O12/c1-7-13-19-25-31-37-43-49-55-61-83-133-107-89-93(90-108(134-84-62-56-50-44-38-32-26-20-14-8-2)115(107)137-87-65-59-53-47-41-35-29-23-17-11-5)117(127)123-95-67-71-97(72-68-95)125-119(129)103-79-75-99-101-77-81-105-114-106(82-78-102(112(101)114)100-76-80-104(120(125)130)113(103)111(99)100)122(132)126(121(105)131)98-73-69-96(70-74-98)124-118(128)94-91-109(135-85-63-57-51-45-39-33-27-21-15-9-3)116(138-88-66-60-54-48-42-36-30-24-18-12-6)110(92-94)136-86-64-58-52-46-40-34-28-22-16-10-4/h67-82,89-92H,7-66,83-88H2,1-6H3,(H,123,127)(H,124,128). The van der Waals surface area contributed by atoms with Crippen molar-refractivity contribution in [2.75, 3.05) is 60.1 Å². The first-order valence-corrected chi connectivity index (χ1v) is 55.9. The first kappa shape index (κ1) is 109. The van der Waals surface area contributed by atoms with E-state index < -0.39 is 23.6 Å². The van der Waals surface area contributed by atoms with E-state index in [1.807, 2.05) is 24.3 Å². The molecule has 9 aromatic rings. The summed E-state index contributed by atoms with van der Waals surface area (Å²) in [5.74, 6) is 0.384. The lowest BCUT2D eigenvalue weighted by Crippen LogP contribution is -2.40. The molecule has 138 heavy (non-hydrogen) atoms. The van der Waals surface area contributed by atoms with E-state index in [2.05, 4.69) is 52.2 Å². The van der Waals surface area contributed by atoms with Crippen LogP contribution in [0.1, 0.15) is 489 Å². The number of amides is 6. The van der Waals surface area contributed by atoms with Gasteiger partial charge in [0.1, 0.15) is 0 Å². The highest BCUT2D eigenvalue weighted by Crippen LogP contribution is 2.49. The van der Waals surface area contributed by atoms with E-state index >= 15 is 19.2 Å². The largest absolute Gasteiger partial charge is 0.490 e. The van der Waals surface area contributed by atoms with Crippen LogP contribution in [0.25, 0.3) is 43.1 Å². The molecule has 2 heterocycles. The van der Waals surface area contributed by atoms with Gasteiger partial charge in [-0.15, -0.1) is 0 Å². The zero-order valence-corrected chi connectivity index (χ0v) is 86.0. The molecule has 2 N–H and O–H groups in total. The van der Waals surface area contributed by atoms with Crippen molar-refractivity contribution in [3.05, 3.63) is 155 Å². The number of rotatable bonds is 78. The zero-order valence-electron chi connectivity index (χ0n) is 86.0. The molecule has 0 spiro atoms. The average molecular weight is 1890 g/mol. The molecule has 2 aliphatic heterocycles. The van der Waals surface area contributed by atoms with Crippen LogP contribution in [0.5, 0.6) is 34.5 Å². The fourth-order valence-electron chi connectivity index (χ4n) is 20.3. The third-order valence-corrected chi connectivity index (χ3v) is 28.5. The van der Waals surface area contributed by atoms with E-state index in [0.717, 1.165) is 135 Å². The van der Waals surface area contributed by atoms with E-state index in [1.165, 1.54) is 292 Å². The number of imide groups is 2. The van der Waals surface area contributed by atoms with Crippen molar-refractivity contribution < 1.29 is 57.2 Å². The molecular weight excluding hydrogens is 1710 g/mol. The third-order valence-electron chi connectivity index (χ3n) is 28.5. The minimum absolute atomic E-state index is 0.340. The first-order valence-electron chi connectivity index (χ1n) is 55.9. The molecule has 6 amide bonds. The van der Waals surface area contributed by atoms with E-state index in [4.69, 9.17) is 28.4 Å². The number of carbonyl (C=O) groups excluding carboxylic acids is 6. The van der Waals surface area contributed by atoms with Gasteiger partial charge >= 0.3 is 0 Å². The summed E-state index contributed by atoms with van der Waals surface area (Å²) in [4.78, 5) is 92.4. The topological polar surface area (TPSA) is 188 Å². The molecule has 16 nitrogen and oxygen atoms in total. The summed E-state index contributed by atoms with van der Waals surface area (Å²) in [6.45, 7) is 16.5. The molecule has 0 saturated heterocycles. The zero-order chi connectivity index (χ0) is 96.9. The van der Waals surface area contributed by atoms with Crippen molar-refractivity contribution in [3.63, 3.8) is 0 Å². The summed E-state index contributed by atoms with van der Waals surface area (Å²) < 4.78 is 40.1. The maximum absolute atomic E-state index is 15.1. The Kier molecular flexibility index (Phi) is 49.2. The van der Waals surface area contributed by atoms with Crippen molar-refractivity contribution in [1.29, 1.82) is 0 Å². The SMILES string of the molecule is CCCCCCCCCCCCOc1cc(C(=O)Nc2ccc(N3C(=O)c4ccc5c6ccc7c8c(ccc(c9ccc(c4c59)C3=O)c86)C(=O)N(c3ccc(NC(=O)c4cc(OCCCCCCCCCCCC)c(OCCCCCCCCCCCC)c(OCCCCCCCCCCCC)c4)cc3)C7=O)cc2)cc(OCCCCCCCCCCCC)c1OCCCCCCCCCCCC. The van der Waals surface area contributed by atoms with Crippen LogP contribution in [0.3, 0.4) is 0 Å². The quantitative estimate of drug-likeness (QED) is 0.0159. The van der Waals surface area contributed by atoms with Crippen molar-refractivity contribution in [2.45, 2.75) is 427 Å². The predicted octanol–water partition coefficient (Wildman–Crippen LogP) is 35.6. The molecule has 16 heteroatoms. The molecule has 9 aromatic carbocycles. The second-order valence-electron chi connectivity index (χ2n) is 39.8. The van der Waals surface area contributed by atoms with Gasteiger partial charge in [-0.05, 0) is 168 Å². The molecule has 0 atom stereocenters. The number of unbranched alkanes of at least 4 members (excludes halogenated alkanes) is 54. The molecule has 0 unspecified atom stereocenters. The van der Waals surface area contributed by atoms with Crippen LogP contribution < -0.4 is 48.9 Å². The second-order valence-corrected chi connectivity index (χ2v) is 39.8. The molecular formula is C122H172N4O12. The number of nitrogens with one attached hydrogen (secondary N) is 2. The number of benzene rings is 9. The fourth-order valence-corrected chi connectivity index (χ4v) is 20.3. The summed E-state index contributed by atoms with van der Waals surface area (Å²) in [6, 6.07) is 35.5. The van der Waals surface area contributed by atoms with Gasteiger partial charge in [0.05, 0.1) is 51.0 Å². The van der Waals surface area contributed by atoms with Crippen molar-refractivity contribution in [2.24, 2.45) is 0 Å². The molecule has 0 fully saturated rings. The second kappa shape index (κ2) is 62.5. The van der Waals surface area contributed by atoms with Gasteiger partial charge in [0.2, 0.25) is 11.5 Å². The Balaban J connectivity index is 0.777. The van der Waals surface area contributed by atoms with Crippen LogP contribution in [0, 0.1) is 0 Å². The maximum Gasteiger partial charge on any atom is 0.265 e. The van der Waals surface area contributed by atoms with Crippen molar-refractivity contribution >= 4 is 101 Å². The minimum Gasteiger partial charge on any atom is -0.490 e. The smallest absolute Gasteiger partial charge is 0.265 e. The summed E-state index contributed by atoms with van der Waals surface area (Å²) in [7, 11) is 0. The predicted molar refractivity (Wildman–Crippen MR) is 576 cm³/mol. The molecule has 0 bridgehead atoms. The Labute approximate surface area is 829 Å². The van der Waals surface area contributed by atoms with E-state index in [0.29, 0.717) is 141 Å². The Morgan fingerprint density at radius 3 is 0.594 bits per heavy atom. The number of ether oxygens (including phenoxy) is 6. The fraction of sp³-hybridized carbons (Fsp3) is 0.590. The monoisotopic (exact) mass is 1890 g/mol. The van der Waals surface area contributed by atoms with Gasteiger partial charge in [-0.1, -0.05) is 413 Å². The Bertz CT molecular complexity index is 4600. The van der Waals surface area contributed by atoms with E-state index in [9.17, 15) is 9.59 Å². The molecule has 0 saturated carbocycles. The summed E-state index contributed by atoms with van der Waals surface area (Å²) >= 11 is 0. The van der Waals surface area contributed by atoms with Crippen LogP contribution in [-0.2, 0) is 0 Å². The lowest BCUT2D eigenvalue weighted by molar-refractivity contribution is 0.0877. The van der Waals surface area contributed by atoms with Gasteiger partial charge in [0, 0.05) is 55.5 Å². The first-order chi connectivity index (χ1) is 67.9. The van der Waals surface area contributed by atoms with Crippen LogP contribution in [0.15, 0.2) is 121 Å². The maximum atomic E-state index is 15.1. The molecule has 0 radical (unpaired) electrons. The highest BCUT2D eigenvalue weighted by Gasteiger charge is 2.39. The van der Waals surface area contributed by atoms with Crippen molar-refractivity contribution in [1.82, 2.24) is 0 Å². The normalized spacial score (nSPS) is 12.5. The third kappa shape index (κ3) is 33.2. The number of hydrogen-bond acceptors (Lipinski definition) is 12. The number of carbonyl (C=O) groups is 6. The summed E-state index contributed by atoms with van der Waals surface area (Å²) in [5.41, 5.74) is 3.76. The van der Waals surface area contributed by atoms with Crippen LogP contribution >= 0.6 is 0 Å². The molecule has 0 aromatic heterocycles. The number of fused-ring (bicyclic) bond motifs is 2. The molecule has 11 rings (SSSR count). The van der Waals surface area contributed by atoms with Crippen LogP contribution in [0.2, 0.25) is 0 Å². The van der Waals surface area contributed by atoms with Gasteiger partial charge < -0.3 is 39.1 Å². The van der Waals surface area contributed by atoms with Gasteiger partial charge in [-0.2, -0.15) is 0 Å². The highest BCUT2D eigenvalue weighted by molar-refractivity contribution is 6.45. The van der Waals surface area contributed by atoms with E-state index in [1.54, 1.807) is 97.1 Å². The van der Waals surface area contributed by atoms with Crippen LogP contribution in [-0.4, -0.2) is 75.1 Å². The number of anilines is 4.